The molecule has 1 aromatic heterocycles. The molecule has 136 valence electrons. The topological polar surface area (TPSA) is 64.2 Å². The van der Waals surface area contributed by atoms with E-state index in [9.17, 15) is 14.4 Å². The summed E-state index contributed by atoms with van der Waals surface area (Å²) in [6, 6.07) is 3.21. The zero-order valence-corrected chi connectivity index (χ0v) is 15.5. The molecule has 25 heavy (non-hydrogen) atoms. The minimum atomic E-state index is -0.725. The highest BCUT2D eigenvalue weighted by atomic mass is 32.1. The Balaban J connectivity index is 1.57. The van der Waals surface area contributed by atoms with Gasteiger partial charge in [0.1, 0.15) is 0 Å². The molecular weight excluding hydrogens is 340 g/mol. The van der Waals surface area contributed by atoms with Crippen molar-refractivity contribution in [2.24, 2.45) is 5.92 Å². The minimum absolute atomic E-state index is 0.166. The van der Waals surface area contributed by atoms with Crippen molar-refractivity contribution in [1.82, 2.24) is 19.6 Å². The van der Waals surface area contributed by atoms with Crippen molar-refractivity contribution in [3.63, 3.8) is 0 Å². The molecule has 0 unspecified atom stereocenters. The molecule has 2 saturated heterocycles. The third-order valence-corrected chi connectivity index (χ3v) is 5.32. The normalized spacial score (nSPS) is 20.4. The molecule has 0 N–H and O–H groups in total. The van der Waals surface area contributed by atoms with Gasteiger partial charge in [-0.25, -0.2) is 9.69 Å². The number of piperazine rings is 1. The summed E-state index contributed by atoms with van der Waals surface area (Å²) in [6.45, 7) is 9.24. The Morgan fingerprint density at radius 2 is 1.64 bits per heavy atom. The summed E-state index contributed by atoms with van der Waals surface area (Å²) in [5.41, 5.74) is 0. The molecular formula is C17H24N4O3S. The molecule has 2 aliphatic rings. The second-order valence-electron chi connectivity index (χ2n) is 6.94. The van der Waals surface area contributed by atoms with Gasteiger partial charge >= 0.3 is 17.8 Å². The van der Waals surface area contributed by atoms with E-state index < -0.39 is 17.8 Å². The summed E-state index contributed by atoms with van der Waals surface area (Å²) >= 11 is 1.47. The Kier molecular flexibility index (Phi) is 5.51. The van der Waals surface area contributed by atoms with Crippen LogP contribution >= 0.6 is 11.3 Å². The largest absolute Gasteiger partial charge is 0.335 e. The molecule has 0 radical (unpaired) electrons. The van der Waals surface area contributed by atoms with Crippen molar-refractivity contribution in [3.8, 4) is 0 Å². The van der Waals surface area contributed by atoms with Crippen LogP contribution in [-0.4, -0.2) is 76.8 Å². The monoisotopic (exact) mass is 364 g/mol. The third kappa shape index (κ3) is 4.08. The van der Waals surface area contributed by atoms with Crippen LogP contribution < -0.4 is 0 Å². The number of hydrogen-bond donors (Lipinski definition) is 0. The number of hydrogen-bond acceptors (Lipinski definition) is 6. The SMILES string of the molecule is CC(C)CN1CCN(CN2C(=O)C(=O)N(Cc3cccs3)C2=O)CC1. The maximum atomic E-state index is 12.5. The molecule has 0 atom stereocenters. The third-order valence-electron chi connectivity index (χ3n) is 4.46. The van der Waals surface area contributed by atoms with E-state index in [1.54, 1.807) is 0 Å². The van der Waals surface area contributed by atoms with Crippen LogP contribution in [0.2, 0.25) is 0 Å². The van der Waals surface area contributed by atoms with Gasteiger partial charge in [-0.3, -0.25) is 19.4 Å². The van der Waals surface area contributed by atoms with Gasteiger partial charge in [0.25, 0.3) is 0 Å². The highest BCUT2D eigenvalue weighted by Crippen LogP contribution is 2.19. The van der Waals surface area contributed by atoms with Crippen molar-refractivity contribution in [2.75, 3.05) is 39.4 Å². The van der Waals surface area contributed by atoms with Gasteiger partial charge in [0.05, 0.1) is 13.2 Å². The molecule has 3 rings (SSSR count). The summed E-state index contributed by atoms with van der Waals surface area (Å²) < 4.78 is 0. The Labute approximate surface area is 151 Å². The molecule has 0 aliphatic carbocycles. The maximum Gasteiger partial charge on any atom is 0.335 e. The number of amides is 4. The van der Waals surface area contributed by atoms with Crippen molar-refractivity contribution in [1.29, 1.82) is 0 Å². The molecule has 2 fully saturated rings. The number of imide groups is 2. The van der Waals surface area contributed by atoms with Gasteiger partial charge < -0.3 is 4.90 Å². The number of nitrogens with zero attached hydrogens (tertiary/aromatic N) is 4. The van der Waals surface area contributed by atoms with Gasteiger partial charge in [0.15, 0.2) is 0 Å². The first-order valence-electron chi connectivity index (χ1n) is 8.60. The summed E-state index contributed by atoms with van der Waals surface area (Å²) in [5.74, 6) is -0.820. The van der Waals surface area contributed by atoms with E-state index in [0.29, 0.717) is 5.92 Å². The quantitative estimate of drug-likeness (QED) is 0.562. The summed E-state index contributed by atoms with van der Waals surface area (Å²) in [5, 5.41) is 1.89. The zero-order valence-electron chi connectivity index (χ0n) is 14.7. The Hall–Kier alpha value is -1.77. The molecule has 0 spiro atoms. The molecule has 0 aromatic carbocycles. The predicted molar refractivity (Wildman–Crippen MR) is 94.8 cm³/mol. The number of rotatable bonds is 6. The van der Waals surface area contributed by atoms with Crippen molar-refractivity contribution in [2.45, 2.75) is 20.4 Å². The molecule has 3 heterocycles. The first-order chi connectivity index (χ1) is 12.0. The lowest BCUT2D eigenvalue weighted by molar-refractivity contribution is -0.144. The average Bonchev–Trinajstić information content (AvgIpc) is 3.15. The highest BCUT2D eigenvalue weighted by Gasteiger charge is 2.45. The van der Waals surface area contributed by atoms with E-state index in [4.69, 9.17) is 0 Å². The van der Waals surface area contributed by atoms with Crippen molar-refractivity contribution >= 4 is 29.2 Å². The van der Waals surface area contributed by atoms with E-state index in [2.05, 4.69) is 23.6 Å². The van der Waals surface area contributed by atoms with Crippen LogP contribution in [-0.2, 0) is 16.1 Å². The van der Waals surface area contributed by atoms with E-state index in [0.717, 1.165) is 47.4 Å². The van der Waals surface area contributed by atoms with E-state index in [-0.39, 0.29) is 13.2 Å². The predicted octanol–water partition coefficient (Wildman–Crippen LogP) is 1.27. The van der Waals surface area contributed by atoms with Crippen LogP contribution in [0.15, 0.2) is 17.5 Å². The fourth-order valence-corrected chi connectivity index (χ4v) is 3.90. The lowest BCUT2D eigenvalue weighted by Gasteiger charge is -2.36. The first-order valence-corrected chi connectivity index (χ1v) is 9.48. The number of carbonyl (C=O) groups excluding carboxylic acids is 3. The Morgan fingerprint density at radius 3 is 2.24 bits per heavy atom. The Bertz CT molecular complexity index is 638. The summed E-state index contributed by atoms with van der Waals surface area (Å²) in [6.07, 6.45) is 0. The van der Waals surface area contributed by atoms with Gasteiger partial charge in [-0.15, -0.1) is 11.3 Å². The fourth-order valence-electron chi connectivity index (χ4n) is 3.20. The van der Waals surface area contributed by atoms with E-state index in [1.807, 2.05) is 17.5 Å². The van der Waals surface area contributed by atoms with Crippen LogP contribution in [0.1, 0.15) is 18.7 Å². The van der Waals surface area contributed by atoms with Gasteiger partial charge in [-0.05, 0) is 17.4 Å². The van der Waals surface area contributed by atoms with Gasteiger partial charge in [-0.1, -0.05) is 19.9 Å². The molecule has 8 heteroatoms. The lowest BCUT2D eigenvalue weighted by Crippen LogP contribution is -2.51. The van der Waals surface area contributed by atoms with Crippen LogP contribution in [0.4, 0.5) is 4.79 Å². The number of thiophene rings is 1. The molecule has 7 nitrogen and oxygen atoms in total. The molecule has 0 bridgehead atoms. The lowest BCUT2D eigenvalue weighted by atomic mass is 10.2. The van der Waals surface area contributed by atoms with E-state index >= 15 is 0 Å². The smallest absolute Gasteiger partial charge is 0.301 e. The molecule has 2 aliphatic heterocycles. The summed E-state index contributed by atoms with van der Waals surface area (Å²) in [7, 11) is 0. The standard InChI is InChI=1S/C17H24N4O3S/c1-13(2)10-18-5-7-19(8-6-18)12-21-16(23)15(22)20(17(21)24)11-14-4-3-9-25-14/h3-4,9,13H,5-8,10-12H2,1-2H3. The first kappa shape index (κ1) is 18.0. The number of urea groups is 1. The van der Waals surface area contributed by atoms with Gasteiger partial charge in [-0.2, -0.15) is 0 Å². The Morgan fingerprint density at radius 1 is 1.00 bits per heavy atom. The zero-order chi connectivity index (χ0) is 18.0. The fraction of sp³-hybridized carbons (Fsp3) is 0.588. The number of carbonyl (C=O) groups is 3. The second-order valence-corrected chi connectivity index (χ2v) is 7.97. The second kappa shape index (κ2) is 7.63. The van der Waals surface area contributed by atoms with Crippen LogP contribution in [0, 0.1) is 5.92 Å². The van der Waals surface area contributed by atoms with Crippen molar-refractivity contribution in [3.05, 3.63) is 22.4 Å². The van der Waals surface area contributed by atoms with Crippen LogP contribution in [0.3, 0.4) is 0 Å². The summed E-state index contributed by atoms with van der Waals surface area (Å²) in [4.78, 5) is 44.4. The molecule has 0 saturated carbocycles. The highest BCUT2D eigenvalue weighted by molar-refractivity contribution is 7.09. The van der Waals surface area contributed by atoms with Crippen molar-refractivity contribution < 1.29 is 14.4 Å². The molecule has 1 aromatic rings. The van der Waals surface area contributed by atoms with Gasteiger partial charge in [0.2, 0.25) is 0 Å². The molecule has 4 amide bonds. The maximum absolute atomic E-state index is 12.5. The average molecular weight is 364 g/mol. The van der Waals surface area contributed by atoms with Crippen LogP contribution in [0.25, 0.3) is 0 Å². The van der Waals surface area contributed by atoms with Gasteiger partial charge in [0, 0.05) is 37.6 Å². The van der Waals surface area contributed by atoms with Crippen LogP contribution in [0.5, 0.6) is 0 Å². The van der Waals surface area contributed by atoms with E-state index in [1.165, 1.54) is 11.3 Å². The minimum Gasteiger partial charge on any atom is -0.301 e.